The highest BCUT2D eigenvalue weighted by molar-refractivity contribution is 7.47. The lowest BCUT2D eigenvalue weighted by molar-refractivity contribution is -0.161. The second-order valence-corrected chi connectivity index (χ2v) is 16.9. The highest BCUT2D eigenvalue weighted by Crippen LogP contribution is 2.43. The van der Waals surface area contributed by atoms with Gasteiger partial charge in [-0.1, -0.05) is 190 Å². The number of esters is 2. The van der Waals surface area contributed by atoms with Gasteiger partial charge in [-0.05, 0) is 51.4 Å². The van der Waals surface area contributed by atoms with E-state index >= 15 is 0 Å². The molecule has 0 aromatic heterocycles. The van der Waals surface area contributed by atoms with Crippen LogP contribution in [0.2, 0.25) is 0 Å². The Labute approximate surface area is 359 Å². The standard InChI is InChI=1S/C48H85O10P/c1-3-5-7-9-11-13-15-17-19-21-22-24-26-28-30-32-34-36-38-40-48(52)58-46(44-57-59(53,54)56-42-45(50)41-49)43-55-47(51)39-37-35-33-31-29-27-25-23-20-18-16-14-12-10-8-6-4-2/h6,8,12,14,18,20,25,27,31,33,45-46,49-50H,3-5,7,9-11,13,15-17,19,21-24,26,28-30,32,34-44H2,1-2H3,(H,53,54)/b8-6+,14-12+,20-18+,27-25+,33-31+/t45-,46+/m0/s1. The molecule has 0 rings (SSSR count). The second-order valence-electron chi connectivity index (χ2n) is 15.4. The van der Waals surface area contributed by atoms with Gasteiger partial charge in [-0.2, -0.15) is 0 Å². The molecule has 10 nitrogen and oxygen atoms in total. The van der Waals surface area contributed by atoms with Gasteiger partial charge in [-0.15, -0.1) is 0 Å². The second kappa shape index (κ2) is 43.7. The van der Waals surface area contributed by atoms with Crippen LogP contribution in [0.5, 0.6) is 0 Å². The Morgan fingerprint density at radius 2 is 0.932 bits per heavy atom. The van der Waals surface area contributed by atoms with Crippen LogP contribution >= 0.6 is 7.82 Å². The molecule has 0 aliphatic heterocycles. The molecule has 0 spiro atoms. The molecule has 11 heteroatoms. The van der Waals surface area contributed by atoms with Crippen LogP contribution in [-0.2, 0) is 32.7 Å². The predicted octanol–water partition coefficient (Wildman–Crippen LogP) is 12.7. The fourth-order valence-electron chi connectivity index (χ4n) is 6.15. The van der Waals surface area contributed by atoms with Crippen LogP contribution in [0.3, 0.4) is 0 Å². The number of allylic oxidation sites excluding steroid dienone is 10. The third kappa shape index (κ3) is 43.6. The molecular formula is C48H85O10P. The van der Waals surface area contributed by atoms with Gasteiger partial charge in [-0.25, -0.2) is 4.57 Å². The SMILES string of the molecule is CC/C=C/C/C=C/C/C=C/C/C=C/C/C=C/CCCC(=O)OC[C@H](COP(=O)(O)OC[C@@H](O)CO)OC(=O)CCCCCCCCCCCCCCCCCCCCC. The fraction of sp³-hybridized carbons (Fsp3) is 0.750. The minimum absolute atomic E-state index is 0.163. The molecular weight excluding hydrogens is 767 g/mol. The van der Waals surface area contributed by atoms with Crippen LogP contribution in [0.25, 0.3) is 0 Å². The first kappa shape index (κ1) is 56.7. The Balaban J connectivity index is 4.32. The van der Waals surface area contributed by atoms with Crippen molar-refractivity contribution in [3.63, 3.8) is 0 Å². The van der Waals surface area contributed by atoms with E-state index in [1.807, 2.05) is 6.08 Å². The number of carbonyl (C=O) groups is 2. The van der Waals surface area contributed by atoms with Crippen molar-refractivity contribution in [2.45, 2.75) is 206 Å². The Kier molecular flexibility index (Phi) is 42.0. The molecule has 0 radical (unpaired) electrons. The quantitative estimate of drug-likeness (QED) is 0.0234. The third-order valence-corrected chi connectivity index (χ3v) is 10.6. The number of phosphoric ester groups is 1. The van der Waals surface area contributed by atoms with E-state index in [1.165, 1.54) is 96.3 Å². The minimum atomic E-state index is -4.63. The van der Waals surface area contributed by atoms with E-state index in [4.69, 9.17) is 23.6 Å². The highest BCUT2D eigenvalue weighted by atomic mass is 31.2. The molecule has 3 N–H and O–H groups in total. The van der Waals surface area contributed by atoms with E-state index in [2.05, 4.69) is 68.5 Å². The van der Waals surface area contributed by atoms with Crippen LogP contribution in [0.1, 0.15) is 194 Å². The maximum absolute atomic E-state index is 12.6. The summed E-state index contributed by atoms with van der Waals surface area (Å²) in [7, 11) is -4.63. The van der Waals surface area contributed by atoms with Gasteiger partial charge in [0.25, 0.3) is 0 Å². The normalized spacial score (nSPS) is 14.3. The van der Waals surface area contributed by atoms with E-state index in [9.17, 15) is 24.2 Å². The van der Waals surface area contributed by atoms with Gasteiger partial charge in [0.1, 0.15) is 12.7 Å². The van der Waals surface area contributed by atoms with Crippen molar-refractivity contribution in [3.8, 4) is 0 Å². The molecule has 0 saturated heterocycles. The lowest BCUT2D eigenvalue weighted by atomic mass is 10.0. The smallest absolute Gasteiger partial charge is 0.462 e. The summed E-state index contributed by atoms with van der Waals surface area (Å²) in [5.74, 6) is -0.990. The Morgan fingerprint density at radius 3 is 1.39 bits per heavy atom. The number of aliphatic hydroxyl groups excluding tert-OH is 2. The van der Waals surface area contributed by atoms with Crippen molar-refractivity contribution in [1.82, 2.24) is 0 Å². The van der Waals surface area contributed by atoms with E-state index < -0.39 is 51.8 Å². The van der Waals surface area contributed by atoms with Gasteiger partial charge < -0.3 is 24.6 Å². The zero-order valence-electron chi connectivity index (χ0n) is 37.2. The summed E-state index contributed by atoms with van der Waals surface area (Å²) in [4.78, 5) is 35.0. The molecule has 0 fully saturated rings. The fourth-order valence-corrected chi connectivity index (χ4v) is 6.94. The van der Waals surface area contributed by atoms with Crippen molar-refractivity contribution in [2.24, 2.45) is 0 Å². The molecule has 0 aromatic carbocycles. The van der Waals surface area contributed by atoms with Crippen molar-refractivity contribution < 1.29 is 47.8 Å². The van der Waals surface area contributed by atoms with Crippen molar-refractivity contribution >= 4 is 19.8 Å². The van der Waals surface area contributed by atoms with Crippen LogP contribution in [0, 0.1) is 0 Å². The number of unbranched alkanes of at least 4 members (excludes halogenated alkanes) is 19. The number of aliphatic hydroxyl groups is 2. The number of phosphoric acid groups is 1. The van der Waals surface area contributed by atoms with Gasteiger partial charge in [0, 0.05) is 12.8 Å². The molecule has 59 heavy (non-hydrogen) atoms. The Hall–Kier alpha value is -2.33. The summed E-state index contributed by atoms with van der Waals surface area (Å²) in [6.45, 7) is 2.22. The molecule has 1 unspecified atom stereocenters. The molecule has 0 bridgehead atoms. The minimum Gasteiger partial charge on any atom is -0.462 e. The lowest BCUT2D eigenvalue weighted by Crippen LogP contribution is -2.29. The molecule has 0 amide bonds. The van der Waals surface area contributed by atoms with E-state index in [0.717, 1.165) is 51.4 Å². The number of carbonyl (C=O) groups excluding carboxylic acids is 2. The lowest BCUT2D eigenvalue weighted by Gasteiger charge is -2.20. The van der Waals surface area contributed by atoms with Gasteiger partial charge in [0.15, 0.2) is 6.10 Å². The Morgan fingerprint density at radius 1 is 0.525 bits per heavy atom. The number of hydrogen-bond donors (Lipinski definition) is 3. The topological polar surface area (TPSA) is 149 Å². The maximum atomic E-state index is 12.6. The monoisotopic (exact) mass is 853 g/mol. The van der Waals surface area contributed by atoms with Gasteiger partial charge >= 0.3 is 19.8 Å². The summed E-state index contributed by atoms with van der Waals surface area (Å²) >= 11 is 0. The average molecular weight is 853 g/mol. The number of rotatable bonds is 43. The maximum Gasteiger partial charge on any atom is 0.472 e. The van der Waals surface area contributed by atoms with E-state index in [0.29, 0.717) is 19.3 Å². The molecule has 0 aliphatic rings. The van der Waals surface area contributed by atoms with Crippen LogP contribution in [0.15, 0.2) is 60.8 Å². The molecule has 342 valence electrons. The first-order chi connectivity index (χ1) is 28.7. The van der Waals surface area contributed by atoms with Crippen LogP contribution in [0.4, 0.5) is 0 Å². The van der Waals surface area contributed by atoms with Crippen LogP contribution in [-0.4, -0.2) is 65.7 Å². The number of hydrogen-bond acceptors (Lipinski definition) is 9. The summed E-state index contributed by atoms with van der Waals surface area (Å²) < 4.78 is 32.7. The summed E-state index contributed by atoms with van der Waals surface area (Å²) in [6.07, 6.45) is 49.1. The number of ether oxygens (including phenoxy) is 2. The largest absolute Gasteiger partial charge is 0.472 e. The van der Waals surface area contributed by atoms with Gasteiger partial charge in [0.2, 0.25) is 0 Å². The first-order valence-corrected chi connectivity index (χ1v) is 24.7. The summed E-state index contributed by atoms with van der Waals surface area (Å²) in [5.41, 5.74) is 0. The van der Waals surface area contributed by atoms with Crippen molar-refractivity contribution in [3.05, 3.63) is 60.8 Å². The summed E-state index contributed by atoms with van der Waals surface area (Å²) in [6, 6.07) is 0. The molecule has 3 atom stereocenters. The molecule has 0 heterocycles. The van der Waals surface area contributed by atoms with Crippen molar-refractivity contribution in [2.75, 3.05) is 26.4 Å². The zero-order valence-corrected chi connectivity index (χ0v) is 38.1. The average Bonchev–Trinajstić information content (AvgIpc) is 3.22. The molecule has 0 aromatic rings. The molecule has 0 aliphatic carbocycles. The predicted molar refractivity (Wildman–Crippen MR) is 242 cm³/mol. The summed E-state index contributed by atoms with van der Waals surface area (Å²) in [5, 5.41) is 18.4. The first-order valence-electron chi connectivity index (χ1n) is 23.2. The Bertz CT molecular complexity index is 1160. The van der Waals surface area contributed by atoms with Gasteiger partial charge in [0.05, 0.1) is 19.8 Å². The highest BCUT2D eigenvalue weighted by Gasteiger charge is 2.27. The zero-order chi connectivity index (χ0) is 43.3. The van der Waals surface area contributed by atoms with E-state index in [-0.39, 0.29) is 19.4 Å². The van der Waals surface area contributed by atoms with Crippen molar-refractivity contribution in [1.29, 1.82) is 0 Å². The van der Waals surface area contributed by atoms with Gasteiger partial charge in [-0.3, -0.25) is 18.6 Å². The third-order valence-electron chi connectivity index (χ3n) is 9.69. The van der Waals surface area contributed by atoms with Crippen LogP contribution < -0.4 is 0 Å². The molecule has 0 saturated carbocycles. The van der Waals surface area contributed by atoms with E-state index in [1.54, 1.807) is 0 Å².